The highest BCUT2D eigenvalue weighted by Gasteiger charge is 2.16. The fourth-order valence-corrected chi connectivity index (χ4v) is 2.53. The molecule has 2 aromatic carbocycles. The van der Waals surface area contributed by atoms with Crippen molar-refractivity contribution in [2.45, 2.75) is 26.3 Å². The fraction of sp³-hybridized carbons (Fsp3) is 0.200. The molecule has 27 heavy (non-hydrogen) atoms. The van der Waals surface area contributed by atoms with Crippen LogP contribution in [0.2, 0.25) is 0 Å². The zero-order chi connectivity index (χ0) is 19.4. The lowest BCUT2D eigenvalue weighted by Gasteiger charge is -2.06. The summed E-state index contributed by atoms with van der Waals surface area (Å²) in [5.74, 6) is -1.93. The summed E-state index contributed by atoms with van der Waals surface area (Å²) in [7, 11) is 0. The Hall–Kier alpha value is -3.09. The number of nitrogens with one attached hydrogen (secondary N) is 1. The molecule has 0 saturated carbocycles. The maximum atomic E-state index is 13.8. The van der Waals surface area contributed by atoms with E-state index in [1.165, 1.54) is 18.3 Å². The van der Waals surface area contributed by atoms with Crippen LogP contribution >= 0.6 is 0 Å². The highest BCUT2D eigenvalue weighted by molar-refractivity contribution is 5.76. The minimum atomic E-state index is -0.749. The quantitative estimate of drug-likeness (QED) is 0.699. The normalized spacial score (nSPS) is 10.8. The number of aromatic nitrogens is 1. The predicted molar refractivity (Wildman–Crippen MR) is 93.2 cm³/mol. The van der Waals surface area contributed by atoms with Crippen molar-refractivity contribution >= 4 is 5.91 Å². The third kappa shape index (κ3) is 4.55. The van der Waals surface area contributed by atoms with E-state index >= 15 is 0 Å². The smallest absolute Gasteiger partial charge is 0.220 e. The van der Waals surface area contributed by atoms with Crippen molar-refractivity contribution in [3.8, 4) is 11.3 Å². The van der Waals surface area contributed by atoms with Gasteiger partial charge in [0.05, 0.1) is 11.8 Å². The Morgan fingerprint density at radius 2 is 1.85 bits per heavy atom. The van der Waals surface area contributed by atoms with Crippen LogP contribution in [0.15, 0.2) is 47.0 Å². The van der Waals surface area contributed by atoms with Gasteiger partial charge in [0.15, 0.2) is 11.7 Å². The van der Waals surface area contributed by atoms with Gasteiger partial charge in [-0.2, -0.15) is 0 Å². The Morgan fingerprint density at radius 3 is 2.56 bits per heavy atom. The second-order valence-electron chi connectivity index (χ2n) is 6.08. The van der Waals surface area contributed by atoms with E-state index in [0.29, 0.717) is 11.1 Å². The number of carbonyl (C=O) groups is 1. The molecule has 3 aromatic rings. The minimum Gasteiger partial charge on any atom is -0.441 e. The Labute approximate surface area is 154 Å². The van der Waals surface area contributed by atoms with Gasteiger partial charge >= 0.3 is 0 Å². The highest BCUT2D eigenvalue weighted by Crippen LogP contribution is 2.26. The number of amides is 1. The van der Waals surface area contributed by atoms with Crippen molar-refractivity contribution in [1.82, 2.24) is 10.3 Å². The number of benzene rings is 2. The Kier molecular flexibility index (Phi) is 5.59. The van der Waals surface area contributed by atoms with E-state index in [2.05, 4.69) is 10.3 Å². The Bertz CT molecular complexity index is 949. The van der Waals surface area contributed by atoms with Gasteiger partial charge in [-0.1, -0.05) is 18.2 Å². The summed E-state index contributed by atoms with van der Waals surface area (Å²) in [5, 5.41) is 2.68. The first-order chi connectivity index (χ1) is 12.9. The van der Waals surface area contributed by atoms with Crippen LogP contribution < -0.4 is 5.32 Å². The molecule has 0 spiro atoms. The summed E-state index contributed by atoms with van der Waals surface area (Å²) in [6.07, 6.45) is 1.47. The van der Waals surface area contributed by atoms with Crippen molar-refractivity contribution in [3.63, 3.8) is 0 Å². The van der Waals surface area contributed by atoms with Crippen molar-refractivity contribution < 1.29 is 22.4 Å². The molecule has 1 aromatic heterocycles. The first kappa shape index (κ1) is 18.7. The standard InChI is InChI=1S/C20H17F3N2O2/c1-12-5-6-13(9-16(12)23)10-24-18(26)7-8-19-25-11-17(27-19)20-14(21)3-2-4-15(20)22/h2-6,9,11H,7-8,10H2,1H3,(H,24,26). The number of oxazole rings is 1. The molecular weight excluding hydrogens is 357 g/mol. The topological polar surface area (TPSA) is 55.1 Å². The van der Waals surface area contributed by atoms with Gasteiger partial charge in [-0.15, -0.1) is 0 Å². The SMILES string of the molecule is Cc1ccc(CNC(=O)CCc2ncc(-c3c(F)cccc3F)o2)cc1F. The zero-order valence-corrected chi connectivity index (χ0v) is 14.6. The van der Waals surface area contributed by atoms with E-state index in [0.717, 1.165) is 12.1 Å². The van der Waals surface area contributed by atoms with Crippen molar-refractivity contribution in [1.29, 1.82) is 0 Å². The minimum absolute atomic E-state index is 0.0314. The lowest BCUT2D eigenvalue weighted by atomic mass is 10.1. The van der Waals surface area contributed by atoms with Gasteiger partial charge in [0, 0.05) is 19.4 Å². The van der Waals surface area contributed by atoms with E-state index < -0.39 is 11.6 Å². The number of nitrogens with zero attached hydrogens (tertiary/aromatic N) is 1. The first-order valence-electron chi connectivity index (χ1n) is 8.35. The van der Waals surface area contributed by atoms with Gasteiger partial charge < -0.3 is 9.73 Å². The maximum Gasteiger partial charge on any atom is 0.220 e. The van der Waals surface area contributed by atoms with Crippen LogP contribution in [0.25, 0.3) is 11.3 Å². The van der Waals surface area contributed by atoms with E-state index in [9.17, 15) is 18.0 Å². The van der Waals surface area contributed by atoms with E-state index in [1.54, 1.807) is 19.1 Å². The summed E-state index contributed by atoms with van der Waals surface area (Å²) in [6.45, 7) is 1.86. The molecule has 140 valence electrons. The molecule has 0 aliphatic heterocycles. The lowest BCUT2D eigenvalue weighted by Crippen LogP contribution is -2.23. The van der Waals surface area contributed by atoms with Crippen LogP contribution in [0.5, 0.6) is 0 Å². The predicted octanol–water partition coefficient (Wildman–Crippen LogP) is 4.32. The summed E-state index contributed by atoms with van der Waals surface area (Å²) in [5.41, 5.74) is 0.901. The molecule has 1 amide bonds. The molecule has 0 atom stereocenters. The van der Waals surface area contributed by atoms with Crippen LogP contribution in [0, 0.1) is 24.4 Å². The molecule has 0 unspecified atom stereocenters. The number of carbonyl (C=O) groups excluding carboxylic acids is 1. The van der Waals surface area contributed by atoms with Crippen molar-refractivity contribution in [2.24, 2.45) is 0 Å². The maximum absolute atomic E-state index is 13.8. The van der Waals surface area contributed by atoms with Crippen LogP contribution in [0.1, 0.15) is 23.4 Å². The lowest BCUT2D eigenvalue weighted by molar-refractivity contribution is -0.121. The second kappa shape index (κ2) is 8.07. The third-order valence-electron chi connectivity index (χ3n) is 4.05. The molecule has 0 fully saturated rings. The molecule has 0 saturated heterocycles. The largest absolute Gasteiger partial charge is 0.441 e. The number of rotatable bonds is 6. The van der Waals surface area contributed by atoms with Crippen LogP contribution in [-0.2, 0) is 17.8 Å². The average molecular weight is 374 g/mol. The summed E-state index contributed by atoms with van der Waals surface area (Å²) < 4.78 is 46.3. The average Bonchev–Trinajstić information content (AvgIpc) is 3.09. The van der Waals surface area contributed by atoms with Crippen LogP contribution in [0.4, 0.5) is 13.2 Å². The number of aryl methyl sites for hydroxylation is 2. The Morgan fingerprint density at radius 1 is 1.11 bits per heavy atom. The first-order valence-corrected chi connectivity index (χ1v) is 8.35. The molecule has 0 bridgehead atoms. The van der Waals surface area contributed by atoms with Gasteiger partial charge in [-0.3, -0.25) is 4.79 Å². The second-order valence-corrected chi connectivity index (χ2v) is 6.08. The van der Waals surface area contributed by atoms with Gasteiger partial charge in [-0.05, 0) is 36.2 Å². The fourth-order valence-electron chi connectivity index (χ4n) is 2.53. The molecule has 7 heteroatoms. The van der Waals surface area contributed by atoms with Gasteiger partial charge in [0.2, 0.25) is 5.91 Å². The van der Waals surface area contributed by atoms with Gasteiger partial charge in [0.1, 0.15) is 17.5 Å². The molecule has 0 aliphatic carbocycles. The number of halogens is 3. The molecule has 0 aliphatic rings. The summed E-state index contributed by atoms with van der Waals surface area (Å²) in [6, 6.07) is 8.27. The monoisotopic (exact) mass is 374 g/mol. The molecule has 1 heterocycles. The highest BCUT2D eigenvalue weighted by atomic mass is 19.1. The van der Waals surface area contributed by atoms with E-state index in [4.69, 9.17) is 4.42 Å². The molecule has 4 nitrogen and oxygen atoms in total. The van der Waals surface area contributed by atoms with E-state index in [-0.39, 0.29) is 48.3 Å². The Balaban J connectivity index is 1.55. The molecular formula is C20H17F3N2O2. The molecule has 0 radical (unpaired) electrons. The van der Waals surface area contributed by atoms with Crippen molar-refractivity contribution in [3.05, 3.63) is 77.1 Å². The summed E-state index contributed by atoms with van der Waals surface area (Å²) in [4.78, 5) is 15.9. The number of hydrogen-bond donors (Lipinski definition) is 1. The molecule has 3 rings (SSSR count). The van der Waals surface area contributed by atoms with Gasteiger partial charge in [0.25, 0.3) is 0 Å². The van der Waals surface area contributed by atoms with E-state index in [1.807, 2.05) is 0 Å². The van der Waals surface area contributed by atoms with Crippen LogP contribution in [0.3, 0.4) is 0 Å². The van der Waals surface area contributed by atoms with Crippen molar-refractivity contribution in [2.75, 3.05) is 0 Å². The van der Waals surface area contributed by atoms with Gasteiger partial charge in [-0.25, -0.2) is 18.2 Å². The zero-order valence-electron chi connectivity index (χ0n) is 14.6. The third-order valence-corrected chi connectivity index (χ3v) is 4.05. The number of hydrogen-bond acceptors (Lipinski definition) is 3. The molecule has 1 N–H and O–H groups in total. The van der Waals surface area contributed by atoms with Crippen LogP contribution in [-0.4, -0.2) is 10.9 Å². The summed E-state index contributed by atoms with van der Waals surface area (Å²) >= 11 is 0.